The Bertz CT molecular complexity index is 626. The Balaban J connectivity index is 1.81. The van der Waals surface area contributed by atoms with Crippen LogP contribution in [0.15, 0.2) is 48.5 Å². The highest BCUT2D eigenvalue weighted by Gasteiger charge is 2.11. The molecule has 0 aliphatic heterocycles. The smallest absolute Gasteiger partial charge is 0.279 e. The van der Waals surface area contributed by atoms with E-state index in [4.69, 9.17) is 16.3 Å². The van der Waals surface area contributed by atoms with Gasteiger partial charge in [-0.3, -0.25) is 4.79 Å². The first kappa shape index (κ1) is 17.3. The minimum atomic E-state index is -0.0324. The van der Waals surface area contributed by atoms with Gasteiger partial charge in [-0.1, -0.05) is 23.7 Å². The van der Waals surface area contributed by atoms with Crippen molar-refractivity contribution < 1.29 is 14.8 Å². The maximum absolute atomic E-state index is 12.0. The van der Waals surface area contributed by atoms with Crippen LogP contribution < -0.4 is 15.4 Å². The average molecular weight is 334 g/mol. The molecule has 5 heteroatoms. The van der Waals surface area contributed by atoms with Crippen LogP contribution in [0.3, 0.4) is 0 Å². The van der Waals surface area contributed by atoms with Gasteiger partial charge < -0.3 is 15.4 Å². The first-order valence-electron chi connectivity index (χ1n) is 7.70. The summed E-state index contributed by atoms with van der Waals surface area (Å²) in [6.45, 7) is 4.99. The molecule has 0 fully saturated rings. The van der Waals surface area contributed by atoms with Gasteiger partial charge in [0.2, 0.25) is 0 Å². The van der Waals surface area contributed by atoms with Gasteiger partial charge in [0.15, 0.2) is 6.54 Å². The van der Waals surface area contributed by atoms with E-state index in [2.05, 4.69) is 12.2 Å². The summed E-state index contributed by atoms with van der Waals surface area (Å²) in [5.74, 6) is 0.767. The molecule has 0 unspecified atom stereocenters. The topological polar surface area (TPSA) is 54.9 Å². The van der Waals surface area contributed by atoms with Gasteiger partial charge in [-0.15, -0.1) is 0 Å². The molecule has 0 saturated carbocycles. The fourth-order valence-electron chi connectivity index (χ4n) is 2.20. The molecular weight excluding hydrogens is 312 g/mol. The lowest BCUT2D eigenvalue weighted by Gasteiger charge is -2.11. The molecule has 0 aliphatic rings. The predicted molar refractivity (Wildman–Crippen MR) is 92.9 cm³/mol. The fourth-order valence-corrected chi connectivity index (χ4v) is 2.33. The molecule has 0 radical (unpaired) electrons. The van der Waals surface area contributed by atoms with Crippen LogP contribution in [0.5, 0.6) is 5.75 Å². The van der Waals surface area contributed by atoms with Crippen molar-refractivity contribution >= 4 is 23.2 Å². The third kappa shape index (κ3) is 5.58. The Morgan fingerprint density at radius 3 is 2.43 bits per heavy atom. The average Bonchev–Trinajstić information content (AvgIpc) is 2.55. The fraction of sp³-hybridized carbons (Fsp3) is 0.278. The van der Waals surface area contributed by atoms with Gasteiger partial charge in [-0.2, -0.15) is 0 Å². The molecule has 0 bridgehead atoms. The van der Waals surface area contributed by atoms with E-state index in [-0.39, 0.29) is 11.9 Å². The van der Waals surface area contributed by atoms with E-state index >= 15 is 0 Å². The van der Waals surface area contributed by atoms with Crippen molar-refractivity contribution in [2.45, 2.75) is 19.9 Å². The highest BCUT2D eigenvalue weighted by Crippen LogP contribution is 2.15. The van der Waals surface area contributed by atoms with E-state index in [9.17, 15) is 4.79 Å². The minimum absolute atomic E-state index is 0.0324. The van der Waals surface area contributed by atoms with E-state index in [0.717, 1.165) is 17.0 Å². The molecule has 2 aromatic carbocycles. The summed E-state index contributed by atoms with van der Waals surface area (Å²) in [6.07, 6.45) is 0. The van der Waals surface area contributed by atoms with Crippen LogP contribution >= 0.6 is 11.6 Å². The van der Waals surface area contributed by atoms with Crippen molar-refractivity contribution in [2.24, 2.45) is 0 Å². The molecule has 2 rings (SSSR count). The number of hydrogen-bond donors (Lipinski definition) is 2. The Kier molecular flexibility index (Phi) is 6.44. The predicted octanol–water partition coefficient (Wildman–Crippen LogP) is 3.00. The van der Waals surface area contributed by atoms with E-state index in [0.29, 0.717) is 18.2 Å². The molecule has 4 nitrogen and oxygen atoms in total. The zero-order chi connectivity index (χ0) is 16.7. The molecule has 0 heterocycles. The van der Waals surface area contributed by atoms with E-state index in [1.54, 1.807) is 0 Å². The summed E-state index contributed by atoms with van der Waals surface area (Å²) in [7, 11) is 0. The van der Waals surface area contributed by atoms with Crippen molar-refractivity contribution in [1.82, 2.24) is 0 Å². The zero-order valence-electron chi connectivity index (χ0n) is 13.4. The summed E-state index contributed by atoms with van der Waals surface area (Å²) in [6, 6.07) is 15.2. The molecule has 0 spiro atoms. The van der Waals surface area contributed by atoms with Crippen molar-refractivity contribution in [1.29, 1.82) is 0 Å². The Morgan fingerprint density at radius 1 is 1.17 bits per heavy atom. The maximum Gasteiger partial charge on any atom is 0.279 e. The van der Waals surface area contributed by atoms with Gasteiger partial charge >= 0.3 is 0 Å². The van der Waals surface area contributed by atoms with Gasteiger partial charge in [0.25, 0.3) is 5.91 Å². The standard InChI is InChI=1S/C18H21ClN2O2/c1-3-23-17-10-8-16(9-11-17)21-18(22)12-20-13(2)14-4-6-15(19)7-5-14/h4-11,13,20H,3,12H2,1-2H3,(H,21,22)/p+1/t13-/m0/s1. The number of benzene rings is 2. The number of anilines is 1. The normalized spacial score (nSPS) is 11.8. The second kappa shape index (κ2) is 8.56. The number of amides is 1. The largest absolute Gasteiger partial charge is 0.494 e. The monoisotopic (exact) mass is 333 g/mol. The first-order valence-corrected chi connectivity index (χ1v) is 8.07. The zero-order valence-corrected chi connectivity index (χ0v) is 14.1. The SMILES string of the molecule is CCOc1ccc(NC(=O)C[NH2+][C@@H](C)c2ccc(Cl)cc2)cc1. The molecule has 1 amide bonds. The lowest BCUT2D eigenvalue weighted by atomic mass is 10.1. The minimum Gasteiger partial charge on any atom is -0.494 e. The van der Waals surface area contributed by atoms with Crippen molar-refractivity contribution in [3.63, 3.8) is 0 Å². The molecule has 122 valence electrons. The molecular formula is C18H22ClN2O2+. The van der Waals surface area contributed by atoms with E-state index < -0.39 is 0 Å². The van der Waals surface area contributed by atoms with Gasteiger partial charge in [-0.05, 0) is 50.2 Å². The highest BCUT2D eigenvalue weighted by molar-refractivity contribution is 6.30. The number of quaternary nitrogens is 1. The third-order valence-electron chi connectivity index (χ3n) is 3.50. The molecule has 3 N–H and O–H groups in total. The molecule has 23 heavy (non-hydrogen) atoms. The summed E-state index contributed by atoms with van der Waals surface area (Å²) >= 11 is 5.88. The Hall–Kier alpha value is -2.04. The number of carbonyl (C=O) groups excluding carboxylic acids is 1. The van der Waals surface area contributed by atoms with Crippen molar-refractivity contribution in [2.75, 3.05) is 18.5 Å². The van der Waals surface area contributed by atoms with Crippen LogP contribution in [0.1, 0.15) is 25.5 Å². The summed E-state index contributed by atoms with van der Waals surface area (Å²) < 4.78 is 5.37. The second-order valence-electron chi connectivity index (χ2n) is 5.29. The van der Waals surface area contributed by atoms with Gasteiger partial charge in [0.1, 0.15) is 11.8 Å². The number of nitrogens with two attached hydrogens (primary N) is 1. The number of hydrogen-bond acceptors (Lipinski definition) is 2. The number of nitrogens with one attached hydrogen (secondary N) is 1. The number of rotatable bonds is 7. The van der Waals surface area contributed by atoms with Crippen LogP contribution in [0, 0.1) is 0 Å². The molecule has 0 aliphatic carbocycles. The molecule has 2 aromatic rings. The Morgan fingerprint density at radius 2 is 1.83 bits per heavy atom. The molecule has 1 atom stereocenters. The third-order valence-corrected chi connectivity index (χ3v) is 3.75. The Labute approximate surface area is 141 Å². The quantitative estimate of drug-likeness (QED) is 0.818. The summed E-state index contributed by atoms with van der Waals surface area (Å²) in [5.41, 5.74) is 1.91. The summed E-state index contributed by atoms with van der Waals surface area (Å²) in [5, 5.41) is 5.59. The second-order valence-corrected chi connectivity index (χ2v) is 5.72. The van der Waals surface area contributed by atoms with Gasteiger partial charge in [0, 0.05) is 16.3 Å². The first-order chi connectivity index (χ1) is 11.1. The van der Waals surface area contributed by atoms with Gasteiger partial charge in [-0.25, -0.2) is 0 Å². The number of carbonyl (C=O) groups is 1. The van der Waals surface area contributed by atoms with Crippen molar-refractivity contribution in [3.8, 4) is 5.75 Å². The number of ether oxygens (including phenoxy) is 1. The van der Waals surface area contributed by atoms with Crippen LogP contribution in [-0.2, 0) is 4.79 Å². The summed E-state index contributed by atoms with van der Waals surface area (Å²) in [4.78, 5) is 12.0. The lowest BCUT2D eigenvalue weighted by Crippen LogP contribution is -2.86. The molecule has 0 aromatic heterocycles. The van der Waals surface area contributed by atoms with E-state index in [1.165, 1.54) is 0 Å². The lowest BCUT2D eigenvalue weighted by molar-refractivity contribution is -0.682. The van der Waals surface area contributed by atoms with Crippen LogP contribution in [-0.4, -0.2) is 19.1 Å². The van der Waals surface area contributed by atoms with Crippen LogP contribution in [0.2, 0.25) is 5.02 Å². The number of halogens is 1. The van der Waals surface area contributed by atoms with E-state index in [1.807, 2.05) is 60.8 Å². The van der Waals surface area contributed by atoms with Crippen molar-refractivity contribution in [3.05, 3.63) is 59.1 Å². The van der Waals surface area contributed by atoms with Gasteiger partial charge in [0.05, 0.1) is 6.61 Å². The van der Waals surface area contributed by atoms with Crippen LogP contribution in [0.4, 0.5) is 5.69 Å². The highest BCUT2D eigenvalue weighted by atomic mass is 35.5. The maximum atomic E-state index is 12.0. The molecule has 0 saturated heterocycles. The van der Waals surface area contributed by atoms with Crippen LogP contribution in [0.25, 0.3) is 0 Å².